The third-order valence-corrected chi connectivity index (χ3v) is 3.50. The Balaban J connectivity index is 1.92. The van der Waals surface area contributed by atoms with E-state index in [-0.39, 0.29) is 17.5 Å². The van der Waals surface area contributed by atoms with E-state index in [1.54, 1.807) is 36.4 Å². The fraction of sp³-hybridized carbons (Fsp3) is 0.0667. The van der Waals surface area contributed by atoms with Gasteiger partial charge in [-0.2, -0.15) is 0 Å². The normalized spacial score (nSPS) is 11.2. The van der Waals surface area contributed by atoms with Crippen molar-refractivity contribution in [1.29, 1.82) is 0 Å². The molecule has 0 saturated carbocycles. The summed E-state index contributed by atoms with van der Waals surface area (Å²) in [6, 6.07) is 11.4. The molecule has 0 unspecified atom stereocenters. The Hall–Kier alpha value is -1.95. The lowest BCUT2D eigenvalue weighted by molar-refractivity contribution is -0.146. The molecule has 2 N–H and O–H groups in total. The maximum atomic E-state index is 11.6. The van der Waals surface area contributed by atoms with Crippen LogP contribution in [0.1, 0.15) is 5.56 Å². The van der Waals surface area contributed by atoms with Gasteiger partial charge in [0, 0.05) is 10.6 Å². The van der Waals surface area contributed by atoms with Gasteiger partial charge in [-0.15, -0.1) is 0 Å². The van der Waals surface area contributed by atoms with Gasteiger partial charge >= 0.3 is 5.97 Å². The molecule has 8 heteroatoms. The minimum atomic E-state index is -0.744. The molecule has 0 atom stereocenters. The summed E-state index contributed by atoms with van der Waals surface area (Å²) < 4.78 is 5.21. The van der Waals surface area contributed by atoms with Crippen molar-refractivity contribution in [3.63, 3.8) is 0 Å². The van der Waals surface area contributed by atoms with Gasteiger partial charge in [0.1, 0.15) is 5.75 Å². The van der Waals surface area contributed by atoms with Crippen molar-refractivity contribution >= 4 is 46.6 Å². The van der Waals surface area contributed by atoms with Crippen molar-refractivity contribution in [2.24, 2.45) is 10.9 Å². The van der Waals surface area contributed by atoms with Gasteiger partial charge in [0.2, 0.25) is 0 Å². The average Bonchev–Trinajstić information content (AvgIpc) is 2.52. The highest BCUT2D eigenvalue weighted by atomic mass is 35.5. The van der Waals surface area contributed by atoms with E-state index in [9.17, 15) is 4.79 Å². The molecule has 0 amide bonds. The average molecular weight is 374 g/mol. The van der Waals surface area contributed by atoms with E-state index in [1.807, 2.05) is 0 Å². The quantitative estimate of drug-likeness (QED) is 0.373. The Labute approximate surface area is 147 Å². The molecule has 0 bridgehead atoms. The standard InChI is InChI=1S/C15H11Cl3N2O3/c16-9-5-6-13(12(18)7-9)22-8-14(21)23-20-15(19)10-3-1-2-4-11(10)17/h1-7H,8H2,(H2,19,20). The van der Waals surface area contributed by atoms with Crippen molar-refractivity contribution in [1.82, 2.24) is 0 Å². The molecule has 0 fully saturated rings. The molecule has 2 rings (SSSR count). The van der Waals surface area contributed by atoms with E-state index in [1.165, 1.54) is 6.07 Å². The number of halogens is 3. The fourth-order valence-corrected chi connectivity index (χ4v) is 2.27. The number of ether oxygens (including phenoxy) is 1. The van der Waals surface area contributed by atoms with Gasteiger partial charge < -0.3 is 15.3 Å². The van der Waals surface area contributed by atoms with Crippen LogP contribution < -0.4 is 10.5 Å². The lowest BCUT2D eigenvalue weighted by atomic mass is 10.2. The highest BCUT2D eigenvalue weighted by Gasteiger charge is 2.09. The molecule has 2 aromatic carbocycles. The van der Waals surface area contributed by atoms with Crippen molar-refractivity contribution < 1.29 is 14.4 Å². The van der Waals surface area contributed by atoms with Crippen LogP contribution >= 0.6 is 34.8 Å². The molecule has 0 aliphatic carbocycles. The van der Waals surface area contributed by atoms with E-state index in [4.69, 9.17) is 45.3 Å². The summed E-state index contributed by atoms with van der Waals surface area (Å²) in [5.74, 6) is -0.462. The predicted molar refractivity (Wildman–Crippen MR) is 90.2 cm³/mol. The number of nitrogens with zero attached hydrogens (tertiary/aromatic N) is 1. The van der Waals surface area contributed by atoms with Crippen molar-refractivity contribution in [3.8, 4) is 5.75 Å². The minimum Gasteiger partial charge on any atom is -0.480 e. The number of carbonyl (C=O) groups excluding carboxylic acids is 1. The van der Waals surface area contributed by atoms with Gasteiger partial charge in [0.25, 0.3) is 0 Å². The first-order valence-corrected chi connectivity index (χ1v) is 7.47. The van der Waals surface area contributed by atoms with Crippen molar-refractivity contribution in [3.05, 3.63) is 63.1 Å². The summed E-state index contributed by atoms with van der Waals surface area (Å²) in [5.41, 5.74) is 6.17. The Kier molecular flexibility index (Phi) is 6.10. The van der Waals surface area contributed by atoms with Gasteiger partial charge in [0.15, 0.2) is 12.4 Å². The number of nitrogens with two attached hydrogens (primary N) is 1. The maximum absolute atomic E-state index is 11.6. The van der Waals surface area contributed by atoms with Gasteiger partial charge in [0.05, 0.1) is 10.0 Å². The van der Waals surface area contributed by atoms with Crippen LogP contribution in [0.3, 0.4) is 0 Å². The summed E-state index contributed by atoms with van der Waals surface area (Å²) in [6.07, 6.45) is 0. The summed E-state index contributed by atoms with van der Waals surface area (Å²) in [4.78, 5) is 16.3. The van der Waals surface area contributed by atoms with Gasteiger partial charge in [-0.1, -0.05) is 52.1 Å². The lowest BCUT2D eigenvalue weighted by Gasteiger charge is -2.07. The van der Waals surface area contributed by atoms with E-state index in [0.29, 0.717) is 21.4 Å². The van der Waals surface area contributed by atoms with Crippen LogP contribution in [-0.4, -0.2) is 18.4 Å². The molecule has 5 nitrogen and oxygen atoms in total. The molecule has 0 radical (unpaired) electrons. The molecule has 23 heavy (non-hydrogen) atoms. The third kappa shape index (κ3) is 5.03. The highest BCUT2D eigenvalue weighted by molar-refractivity contribution is 6.35. The molecule has 2 aromatic rings. The molecule has 0 spiro atoms. The molecule has 0 aliphatic rings. The zero-order valence-corrected chi connectivity index (χ0v) is 13.9. The Morgan fingerprint density at radius 3 is 2.52 bits per heavy atom. The van der Waals surface area contributed by atoms with Crippen molar-refractivity contribution in [2.75, 3.05) is 6.61 Å². The first-order chi connectivity index (χ1) is 11.0. The first-order valence-electron chi connectivity index (χ1n) is 6.33. The number of benzene rings is 2. The summed E-state index contributed by atoms with van der Waals surface area (Å²) in [7, 11) is 0. The molecule has 120 valence electrons. The van der Waals surface area contributed by atoms with Crippen LogP contribution in [-0.2, 0) is 9.63 Å². The Morgan fingerprint density at radius 2 is 1.83 bits per heavy atom. The SMILES string of the molecule is N/C(=N\OC(=O)COc1ccc(Cl)cc1Cl)c1ccccc1Cl. The van der Waals surface area contributed by atoms with Gasteiger partial charge in [-0.25, -0.2) is 4.79 Å². The number of oxime groups is 1. The van der Waals surface area contributed by atoms with Crippen LogP contribution in [0, 0.1) is 0 Å². The highest BCUT2D eigenvalue weighted by Crippen LogP contribution is 2.27. The zero-order chi connectivity index (χ0) is 16.8. The number of hydrogen-bond acceptors (Lipinski definition) is 4. The summed E-state index contributed by atoms with van der Waals surface area (Å²) >= 11 is 17.6. The van der Waals surface area contributed by atoms with Crippen LogP contribution in [0.25, 0.3) is 0 Å². The molecule has 0 heterocycles. The first kappa shape index (κ1) is 17.4. The van der Waals surface area contributed by atoms with E-state index >= 15 is 0 Å². The number of hydrogen-bond donors (Lipinski definition) is 1. The third-order valence-electron chi connectivity index (χ3n) is 2.64. The van der Waals surface area contributed by atoms with E-state index in [2.05, 4.69) is 9.99 Å². The van der Waals surface area contributed by atoms with Crippen LogP contribution in [0.15, 0.2) is 47.6 Å². The molecule has 0 aliphatic heterocycles. The van der Waals surface area contributed by atoms with Crippen molar-refractivity contribution in [2.45, 2.75) is 0 Å². The fourth-order valence-electron chi connectivity index (χ4n) is 1.57. The van der Waals surface area contributed by atoms with Crippen LogP contribution in [0.2, 0.25) is 15.1 Å². The second-order valence-electron chi connectivity index (χ2n) is 4.28. The molecular weight excluding hydrogens is 363 g/mol. The Bertz CT molecular complexity index is 750. The maximum Gasteiger partial charge on any atom is 0.372 e. The van der Waals surface area contributed by atoms with E-state index in [0.717, 1.165) is 0 Å². The monoisotopic (exact) mass is 372 g/mol. The van der Waals surface area contributed by atoms with Gasteiger partial charge in [-0.3, -0.25) is 0 Å². The largest absolute Gasteiger partial charge is 0.480 e. The van der Waals surface area contributed by atoms with Crippen LogP contribution in [0.4, 0.5) is 0 Å². The van der Waals surface area contributed by atoms with E-state index < -0.39 is 5.97 Å². The smallest absolute Gasteiger partial charge is 0.372 e. The zero-order valence-electron chi connectivity index (χ0n) is 11.6. The predicted octanol–water partition coefficient (Wildman–Crippen LogP) is 3.89. The minimum absolute atomic E-state index is 0.0199. The van der Waals surface area contributed by atoms with Gasteiger partial charge in [-0.05, 0) is 30.3 Å². The lowest BCUT2D eigenvalue weighted by Crippen LogP contribution is -2.18. The molecule has 0 aromatic heterocycles. The summed E-state index contributed by atoms with van der Waals surface area (Å²) in [5, 5.41) is 4.67. The second-order valence-corrected chi connectivity index (χ2v) is 5.53. The number of amidine groups is 1. The summed E-state index contributed by atoms with van der Waals surface area (Å²) in [6.45, 7) is -0.388. The molecular formula is C15H11Cl3N2O3. The second kappa shape index (κ2) is 8.06. The van der Waals surface area contributed by atoms with Crippen LogP contribution in [0.5, 0.6) is 5.75 Å². The number of carbonyl (C=O) groups is 1. The Morgan fingerprint density at radius 1 is 1.09 bits per heavy atom. The topological polar surface area (TPSA) is 73.9 Å². The molecule has 0 saturated heterocycles. The number of rotatable bonds is 5.